The van der Waals surface area contributed by atoms with E-state index in [-0.39, 0.29) is 29.0 Å². The third kappa shape index (κ3) is 2.15. The Balaban J connectivity index is 1.89. The molecule has 3 atom stereocenters. The highest BCUT2D eigenvalue weighted by Gasteiger charge is 2.58. The van der Waals surface area contributed by atoms with Gasteiger partial charge < -0.3 is 20.1 Å². The molecule has 0 aromatic carbocycles. The fourth-order valence-electron chi connectivity index (χ4n) is 2.73. The van der Waals surface area contributed by atoms with Crippen molar-refractivity contribution in [1.29, 1.82) is 0 Å². The first-order chi connectivity index (χ1) is 8.40. The Morgan fingerprint density at radius 2 is 2.17 bits per heavy atom. The summed E-state index contributed by atoms with van der Waals surface area (Å²) in [4.78, 5) is 12.1. The Labute approximate surface area is 109 Å². The van der Waals surface area contributed by atoms with Crippen LogP contribution in [0.25, 0.3) is 0 Å². The SMILES string of the molecule is CO[C@]1(C)C[C@H](NC(=O)[C@H]2COCCN2)C1(C)C. The van der Waals surface area contributed by atoms with E-state index in [2.05, 4.69) is 31.4 Å². The first kappa shape index (κ1) is 13.8. The molecule has 0 spiro atoms. The number of amides is 1. The molecule has 5 nitrogen and oxygen atoms in total. The molecule has 0 radical (unpaired) electrons. The average molecular weight is 256 g/mol. The van der Waals surface area contributed by atoms with E-state index >= 15 is 0 Å². The standard InChI is InChI=1S/C13H24N2O3/c1-12(2)10(7-13(12,3)17-4)15-11(16)9-8-18-6-5-14-9/h9-10,14H,5-8H2,1-4H3,(H,15,16)/t9-,10+,13-/m1/s1. The number of carbonyl (C=O) groups is 1. The number of hydrogen-bond donors (Lipinski definition) is 2. The van der Waals surface area contributed by atoms with Gasteiger partial charge in [-0.1, -0.05) is 13.8 Å². The van der Waals surface area contributed by atoms with Crippen LogP contribution in [0.1, 0.15) is 27.2 Å². The third-order valence-corrected chi connectivity index (χ3v) is 4.83. The van der Waals surface area contributed by atoms with Crippen molar-refractivity contribution in [1.82, 2.24) is 10.6 Å². The Hall–Kier alpha value is -0.650. The van der Waals surface area contributed by atoms with E-state index in [4.69, 9.17) is 9.47 Å². The quantitative estimate of drug-likeness (QED) is 0.762. The van der Waals surface area contributed by atoms with Crippen LogP contribution in [-0.2, 0) is 14.3 Å². The maximum atomic E-state index is 12.1. The van der Waals surface area contributed by atoms with Gasteiger partial charge in [0, 0.05) is 25.1 Å². The Morgan fingerprint density at radius 1 is 1.44 bits per heavy atom. The number of carbonyl (C=O) groups excluding carboxylic acids is 1. The molecule has 2 N–H and O–H groups in total. The number of methoxy groups -OCH3 is 1. The molecular weight excluding hydrogens is 232 g/mol. The highest BCUT2D eigenvalue weighted by atomic mass is 16.5. The molecule has 1 saturated heterocycles. The second-order valence-electron chi connectivity index (χ2n) is 6.00. The van der Waals surface area contributed by atoms with E-state index in [1.165, 1.54) is 0 Å². The lowest BCUT2D eigenvalue weighted by Gasteiger charge is -2.59. The van der Waals surface area contributed by atoms with Crippen LogP contribution in [0.4, 0.5) is 0 Å². The molecule has 1 heterocycles. The molecule has 2 rings (SSSR count). The third-order valence-electron chi connectivity index (χ3n) is 4.83. The second-order valence-corrected chi connectivity index (χ2v) is 6.00. The van der Waals surface area contributed by atoms with Gasteiger partial charge in [-0.05, 0) is 13.3 Å². The Morgan fingerprint density at radius 3 is 2.67 bits per heavy atom. The molecule has 2 aliphatic rings. The molecular formula is C13H24N2O3. The number of rotatable bonds is 3. The first-order valence-corrected chi connectivity index (χ1v) is 6.57. The van der Waals surface area contributed by atoms with Crippen LogP contribution in [0.3, 0.4) is 0 Å². The van der Waals surface area contributed by atoms with Crippen molar-refractivity contribution in [3.63, 3.8) is 0 Å². The van der Waals surface area contributed by atoms with Gasteiger partial charge in [0.15, 0.2) is 0 Å². The van der Waals surface area contributed by atoms with Gasteiger partial charge in [-0.3, -0.25) is 4.79 Å². The molecule has 104 valence electrons. The highest BCUT2D eigenvalue weighted by molar-refractivity contribution is 5.82. The maximum Gasteiger partial charge on any atom is 0.239 e. The van der Waals surface area contributed by atoms with Crippen molar-refractivity contribution in [2.24, 2.45) is 5.41 Å². The molecule has 1 saturated carbocycles. The van der Waals surface area contributed by atoms with Crippen LogP contribution < -0.4 is 10.6 Å². The summed E-state index contributed by atoms with van der Waals surface area (Å²) in [5, 5.41) is 6.27. The summed E-state index contributed by atoms with van der Waals surface area (Å²) < 4.78 is 10.9. The van der Waals surface area contributed by atoms with Crippen LogP contribution in [-0.4, -0.2) is 50.5 Å². The summed E-state index contributed by atoms with van der Waals surface area (Å²) in [6.45, 7) is 8.24. The van der Waals surface area contributed by atoms with E-state index in [0.717, 1.165) is 13.0 Å². The van der Waals surface area contributed by atoms with Gasteiger partial charge in [-0.25, -0.2) is 0 Å². The summed E-state index contributed by atoms with van der Waals surface area (Å²) >= 11 is 0. The van der Waals surface area contributed by atoms with Crippen molar-refractivity contribution in [2.75, 3.05) is 26.9 Å². The lowest BCUT2D eigenvalue weighted by atomic mass is 9.56. The number of morpholine rings is 1. The average Bonchev–Trinajstić information content (AvgIpc) is 2.38. The van der Waals surface area contributed by atoms with E-state index in [0.29, 0.717) is 13.2 Å². The minimum atomic E-state index is -0.219. The van der Waals surface area contributed by atoms with E-state index < -0.39 is 0 Å². The van der Waals surface area contributed by atoms with E-state index in [9.17, 15) is 4.79 Å². The van der Waals surface area contributed by atoms with Crippen LogP contribution in [0, 0.1) is 5.41 Å². The zero-order valence-electron chi connectivity index (χ0n) is 11.7. The Bertz CT molecular complexity index is 326. The minimum Gasteiger partial charge on any atom is -0.378 e. The second kappa shape index (κ2) is 4.79. The van der Waals surface area contributed by atoms with Crippen LogP contribution in [0.2, 0.25) is 0 Å². The number of nitrogens with one attached hydrogen (secondary N) is 2. The smallest absolute Gasteiger partial charge is 0.239 e. The van der Waals surface area contributed by atoms with Crippen molar-refractivity contribution >= 4 is 5.91 Å². The molecule has 5 heteroatoms. The van der Waals surface area contributed by atoms with Crippen LogP contribution in [0.5, 0.6) is 0 Å². The predicted molar refractivity (Wildman–Crippen MR) is 68.4 cm³/mol. The summed E-state index contributed by atoms with van der Waals surface area (Å²) in [5.74, 6) is 0.0333. The minimum absolute atomic E-state index is 0.0333. The van der Waals surface area contributed by atoms with Crippen molar-refractivity contribution in [2.45, 2.75) is 44.9 Å². The monoisotopic (exact) mass is 256 g/mol. The summed E-state index contributed by atoms with van der Waals surface area (Å²) in [6, 6.07) is -0.0531. The number of ether oxygens (including phenoxy) is 2. The topological polar surface area (TPSA) is 59.6 Å². The molecule has 0 bridgehead atoms. The van der Waals surface area contributed by atoms with Crippen LogP contribution >= 0.6 is 0 Å². The zero-order valence-corrected chi connectivity index (χ0v) is 11.7. The van der Waals surface area contributed by atoms with Crippen molar-refractivity contribution in [3.8, 4) is 0 Å². The molecule has 1 aliphatic carbocycles. The Kier molecular flexibility index (Phi) is 3.67. The summed E-state index contributed by atoms with van der Waals surface area (Å²) in [7, 11) is 1.73. The van der Waals surface area contributed by atoms with Gasteiger partial charge in [-0.15, -0.1) is 0 Å². The molecule has 0 aromatic rings. The van der Waals surface area contributed by atoms with E-state index in [1.807, 2.05) is 0 Å². The maximum absolute atomic E-state index is 12.1. The van der Waals surface area contributed by atoms with Gasteiger partial charge in [0.25, 0.3) is 0 Å². The number of hydrogen-bond acceptors (Lipinski definition) is 4. The molecule has 18 heavy (non-hydrogen) atoms. The van der Waals surface area contributed by atoms with Gasteiger partial charge in [-0.2, -0.15) is 0 Å². The first-order valence-electron chi connectivity index (χ1n) is 6.57. The summed E-state index contributed by atoms with van der Waals surface area (Å²) in [6.07, 6.45) is 0.857. The van der Waals surface area contributed by atoms with Crippen LogP contribution in [0.15, 0.2) is 0 Å². The van der Waals surface area contributed by atoms with Crippen molar-refractivity contribution < 1.29 is 14.3 Å². The van der Waals surface area contributed by atoms with Gasteiger partial charge in [0.05, 0.1) is 18.8 Å². The molecule has 1 amide bonds. The largest absolute Gasteiger partial charge is 0.378 e. The molecule has 0 unspecified atom stereocenters. The fourth-order valence-corrected chi connectivity index (χ4v) is 2.73. The highest BCUT2D eigenvalue weighted by Crippen LogP contribution is 2.51. The molecule has 2 fully saturated rings. The van der Waals surface area contributed by atoms with Gasteiger partial charge in [0.1, 0.15) is 6.04 Å². The zero-order chi connectivity index (χ0) is 13.4. The normalized spacial score (nSPS) is 38.9. The van der Waals surface area contributed by atoms with Gasteiger partial charge >= 0.3 is 0 Å². The molecule has 1 aliphatic heterocycles. The van der Waals surface area contributed by atoms with Gasteiger partial charge in [0.2, 0.25) is 5.91 Å². The summed E-state index contributed by atoms with van der Waals surface area (Å²) in [5.41, 5.74) is -0.200. The van der Waals surface area contributed by atoms with E-state index in [1.54, 1.807) is 7.11 Å². The lowest BCUT2D eigenvalue weighted by molar-refractivity contribution is -0.183. The predicted octanol–water partition coefficient (Wildman–Crippen LogP) is 0.295. The van der Waals surface area contributed by atoms with Crippen molar-refractivity contribution in [3.05, 3.63) is 0 Å². The fraction of sp³-hybridized carbons (Fsp3) is 0.923. The molecule has 0 aromatic heterocycles. The lowest BCUT2D eigenvalue weighted by Crippen LogP contribution is -2.70.